The number of carbonyl (C=O) groups excluding carboxylic acids is 11. The van der Waals surface area contributed by atoms with Crippen molar-refractivity contribution >= 4 is 105 Å². The highest BCUT2D eigenvalue weighted by atomic mass is 16.2. The first kappa shape index (κ1) is 71.2. The van der Waals surface area contributed by atoms with Crippen LogP contribution in [0.15, 0.2) is 67.8 Å². The van der Waals surface area contributed by atoms with Gasteiger partial charge in [-0.25, -0.2) is 19.9 Å². The van der Waals surface area contributed by atoms with Gasteiger partial charge in [0.15, 0.2) is 23.3 Å². The highest BCUT2D eigenvalue weighted by Crippen LogP contribution is 2.22. The molecule has 0 aliphatic carbocycles. The van der Waals surface area contributed by atoms with Crippen molar-refractivity contribution in [3.05, 3.63) is 102 Å². The topological polar surface area (TPSA) is 409 Å². The van der Waals surface area contributed by atoms with E-state index in [1.54, 1.807) is 81.8 Å². The Morgan fingerprint density at radius 2 is 0.899 bits per heavy atom. The van der Waals surface area contributed by atoms with E-state index in [2.05, 4.69) is 102 Å². The Morgan fingerprint density at radius 3 is 1.47 bits per heavy atom. The van der Waals surface area contributed by atoms with Crippen LogP contribution in [0.3, 0.4) is 0 Å². The highest BCUT2D eigenvalue weighted by Gasteiger charge is 2.25. The maximum absolute atomic E-state index is 13.3. The zero-order chi connectivity index (χ0) is 70.9. The van der Waals surface area contributed by atoms with E-state index in [9.17, 15) is 52.7 Å². The Labute approximate surface area is 568 Å². The normalized spacial score (nSPS) is 13.0. The van der Waals surface area contributed by atoms with Crippen molar-refractivity contribution in [3.63, 3.8) is 0 Å². The molecule has 9 rings (SSSR count). The van der Waals surface area contributed by atoms with Crippen LogP contribution < -0.4 is 58.5 Å². The van der Waals surface area contributed by atoms with Crippen LogP contribution in [-0.2, 0) is 73.3 Å². The van der Waals surface area contributed by atoms with Gasteiger partial charge in [0, 0.05) is 182 Å². The van der Waals surface area contributed by atoms with Crippen LogP contribution in [0, 0.1) is 35.5 Å². The number of piperidine rings is 2. The van der Waals surface area contributed by atoms with Crippen molar-refractivity contribution < 1.29 is 52.7 Å². The molecule has 520 valence electrons. The van der Waals surface area contributed by atoms with Crippen LogP contribution >= 0.6 is 0 Å². The lowest BCUT2D eigenvalue weighted by atomic mass is 9.97. The summed E-state index contributed by atoms with van der Waals surface area (Å²) in [7, 11) is 11.3. The Hall–Kier alpha value is -12.1. The zero-order valence-electron chi connectivity index (χ0n) is 55.9. The molecule has 11 N–H and O–H groups in total. The van der Waals surface area contributed by atoms with Gasteiger partial charge in [-0.1, -0.05) is 11.8 Å². The second-order valence-electron chi connectivity index (χ2n) is 23.9. The number of aryl methyl sites for hydroxylation is 7. The fourth-order valence-corrected chi connectivity index (χ4v) is 10.8. The van der Waals surface area contributed by atoms with Crippen LogP contribution in [0.25, 0.3) is 0 Å². The summed E-state index contributed by atoms with van der Waals surface area (Å²) < 4.78 is 10.4. The molecule has 34 heteroatoms. The summed E-state index contributed by atoms with van der Waals surface area (Å²) in [6, 6.07) is 4.48. The molecule has 2 aliphatic rings. The average Bonchev–Trinajstić information content (AvgIpc) is 1.71. The van der Waals surface area contributed by atoms with E-state index in [1.165, 1.54) is 72.1 Å². The summed E-state index contributed by atoms with van der Waals surface area (Å²) in [5.74, 6) is 8.67. The van der Waals surface area contributed by atoms with Gasteiger partial charge < -0.3 is 95.4 Å². The fraction of sp³-hybridized carbons (Fsp3) is 0.400. The van der Waals surface area contributed by atoms with Gasteiger partial charge in [0.25, 0.3) is 35.4 Å². The maximum atomic E-state index is 13.3. The maximum Gasteiger partial charge on any atom is 0.291 e. The third-order valence-corrected chi connectivity index (χ3v) is 16.1. The minimum absolute atomic E-state index is 0.0189. The number of nitrogens with one attached hydrogen (secondary N) is 11. The second-order valence-corrected chi connectivity index (χ2v) is 23.9. The monoisotopic (exact) mass is 1360 g/mol. The van der Waals surface area contributed by atoms with Crippen molar-refractivity contribution in [2.45, 2.75) is 64.2 Å². The van der Waals surface area contributed by atoms with E-state index in [0.29, 0.717) is 36.2 Å². The molecule has 0 saturated carbocycles. The van der Waals surface area contributed by atoms with Gasteiger partial charge in [0.1, 0.15) is 17.2 Å². The highest BCUT2D eigenvalue weighted by molar-refractivity contribution is 6.06. The third kappa shape index (κ3) is 19.8. The van der Waals surface area contributed by atoms with E-state index in [1.807, 2.05) is 0 Å². The Kier molecular flexibility index (Phi) is 23.8. The molecule has 0 unspecified atom stereocenters. The zero-order valence-corrected chi connectivity index (χ0v) is 55.9. The number of aromatic nitrogens is 11. The number of imidazole rings is 4. The predicted octanol–water partition coefficient (Wildman–Crippen LogP) is 2.02. The van der Waals surface area contributed by atoms with Crippen LogP contribution in [0.4, 0.5) is 40.3 Å². The number of carbonyl (C=O) groups is 11. The number of hydrogen-bond donors (Lipinski definition) is 11. The number of anilines is 7. The molecule has 34 nitrogen and oxygen atoms in total. The van der Waals surface area contributed by atoms with Crippen LogP contribution in [-0.4, -0.2) is 168 Å². The van der Waals surface area contributed by atoms with Crippen molar-refractivity contribution in [1.82, 2.24) is 78.1 Å². The van der Waals surface area contributed by atoms with Gasteiger partial charge >= 0.3 is 0 Å². The Morgan fingerprint density at radius 1 is 0.434 bits per heavy atom. The quantitative estimate of drug-likeness (QED) is 0.0273. The molecule has 0 radical (unpaired) electrons. The number of hydrogen-bond acceptors (Lipinski definition) is 16. The molecule has 7 aromatic heterocycles. The van der Waals surface area contributed by atoms with E-state index in [4.69, 9.17) is 0 Å². The van der Waals surface area contributed by atoms with Crippen molar-refractivity contribution in [2.75, 3.05) is 83.0 Å². The molecular formula is C65H79N23O11. The van der Waals surface area contributed by atoms with Gasteiger partial charge in [-0.15, -0.1) is 0 Å². The molecule has 99 heavy (non-hydrogen) atoms. The predicted molar refractivity (Wildman–Crippen MR) is 363 cm³/mol. The van der Waals surface area contributed by atoms with Gasteiger partial charge in [0.05, 0.1) is 17.1 Å². The van der Waals surface area contributed by atoms with Crippen molar-refractivity contribution in [2.24, 2.45) is 61.2 Å². The summed E-state index contributed by atoms with van der Waals surface area (Å²) in [6.45, 7) is 3.27. The first-order valence-electron chi connectivity index (χ1n) is 32.0. The lowest BCUT2D eigenvalue weighted by Gasteiger charge is -2.29. The van der Waals surface area contributed by atoms with Crippen LogP contribution in [0.5, 0.6) is 0 Å². The van der Waals surface area contributed by atoms with Gasteiger partial charge in [0.2, 0.25) is 47.0 Å². The summed E-state index contributed by atoms with van der Waals surface area (Å²) in [6.07, 6.45) is 15.6. The third-order valence-electron chi connectivity index (χ3n) is 16.1. The molecule has 0 aromatic carbocycles. The second kappa shape index (κ2) is 33.1. The molecule has 7 aromatic rings. The van der Waals surface area contributed by atoms with Gasteiger partial charge in [-0.3, -0.25) is 52.7 Å². The number of rotatable bonds is 26. The summed E-state index contributed by atoms with van der Waals surface area (Å²) in [5.41, 5.74) is 1.37. The van der Waals surface area contributed by atoms with Gasteiger partial charge in [-0.2, -0.15) is 0 Å². The molecule has 2 saturated heterocycles. The lowest BCUT2D eigenvalue weighted by Crippen LogP contribution is -2.40. The molecule has 0 bridgehead atoms. The number of nitrogens with zero attached hydrogens (tertiary/aromatic N) is 12. The lowest BCUT2D eigenvalue weighted by molar-refractivity contribution is -0.132. The fourth-order valence-electron chi connectivity index (χ4n) is 10.8. The van der Waals surface area contributed by atoms with Crippen molar-refractivity contribution in [1.29, 1.82) is 0 Å². The number of amides is 11. The molecular weight excluding hydrogens is 1280 g/mol. The SMILES string of the molecule is Cn1cc(NC(=O)c2nccn2C)cc1NC(=O)CCC(=O)Nc1cn(C)c(C(=O)Nc2cc(C(=O)NCCCC(=O)Nc3cn(C)c(C(=O)NCCC(=O)Nc4cc(C(=O)Nc5cn(C)c(C(=O)NCCC(=O)N6CCC(C#CC#CC7CCNCC7)CC6)n5)n(C)c4)n3)n(C)c2)n1. The largest absolute Gasteiger partial charge is 0.351 e. The van der Waals surface area contributed by atoms with E-state index < -0.39 is 59.1 Å². The molecule has 9 heterocycles. The van der Waals surface area contributed by atoms with E-state index >= 15 is 0 Å². The first-order valence-corrected chi connectivity index (χ1v) is 32.0. The van der Waals surface area contributed by atoms with Crippen LogP contribution in [0.2, 0.25) is 0 Å². The Bertz CT molecular complexity index is 4340. The van der Waals surface area contributed by atoms with Crippen LogP contribution in [0.1, 0.15) is 128 Å². The molecule has 0 atom stereocenters. The van der Waals surface area contributed by atoms with Gasteiger partial charge in [-0.05, 0) is 69.2 Å². The molecule has 2 fully saturated rings. The molecule has 0 spiro atoms. The smallest absolute Gasteiger partial charge is 0.291 e. The average molecular weight is 1360 g/mol. The standard InChI is InChI=1S/C65H79N23O11/c1-81-30-27-67-56(81)64(98)73-44-33-50(84(4)36-44)80-53(91)15-14-52(90)75-48-38-87(7)59(77-48)65(99)72-43-32-45(82(2)35-43)60(94)68-22-10-13-51(89)74-47-37-85(5)57(76-47)62(96)69-25-18-54(92)71-42-31-46(83(3)34-42)61(95)79-49-39-86(6)58(78-49)63(97)70-26-19-55(93)88-28-20-41(21-29-88)12-9-8-11-40-16-23-66-24-17-40/h27,30-41,66H,10,13-26,28-29H2,1-7H3,(H,68,94)(H,69,96)(H,70,97)(H,71,92)(H,72,99)(H,73,98)(H,74,89)(H,75,90)(H,79,95)(H,80,91). The Balaban J connectivity index is 0.625. The number of likely N-dealkylation sites (tertiary alicyclic amines) is 1. The molecule has 2 aliphatic heterocycles. The summed E-state index contributed by atoms with van der Waals surface area (Å²) >= 11 is 0. The van der Waals surface area contributed by atoms with Crippen molar-refractivity contribution in [3.8, 4) is 23.7 Å². The minimum atomic E-state index is -0.641. The first-order chi connectivity index (χ1) is 47.4. The summed E-state index contributed by atoms with van der Waals surface area (Å²) in [5, 5.41) is 30.2. The van der Waals surface area contributed by atoms with E-state index in [0.717, 1.165) is 38.8 Å². The summed E-state index contributed by atoms with van der Waals surface area (Å²) in [4.78, 5) is 161. The molecule has 11 amide bonds. The minimum Gasteiger partial charge on any atom is -0.351 e. The van der Waals surface area contributed by atoms with E-state index in [-0.39, 0.29) is 128 Å².